The van der Waals surface area contributed by atoms with Crippen LogP contribution in [0.4, 0.5) is 0 Å². The molecule has 0 aliphatic carbocycles. The van der Waals surface area contributed by atoms with Crippen molar-refractivity contribution in [1.82, 2.24) is 9.55 Å². The molecule has 0 amide bonds. The molecule has 0 saturated carbocycles. The summed E-state index contributed by atoms with van der Waals surface area (Å²) in [6.07, 6.45) is 5.99. The van der Waals surface area contributed by atoms with Crippen molar-refractivity contribution in [2.75, 3.05) is 0 Å². The third-order valence-electron chi connectivity index (χ3n) is 2.68. The molecule has 2 heterocycles. The smallest absolute Gasteiger partial charge is 0.260 e. The predicted octanol–water partition coefficient (Wildman–Crippen LogP) is 1.12. The maximum Gasteiger partial charge on any atom is 0.260 e. The lowest BCUT2D eigenvalue weighted by atomic mass is 10.2. The minimum Gasteiger partial charge on any atom is -0.389 e. The molecule has 2 N–H and O–H groups in total. The van der Waals surface area contributed by atoms with Crippen LogP contribution in [0.5, 0.6) is 0 Å². The fourth-order valence-corrected chi connectivity index (χ4v) is 1.85. The normalized spacial score (nSPS) is 10.2. The van der Waals surface area contributed by atoms with Crippen molar-refractivity contribution < 1.29 is 0 Å². The first-order chi connectivity index (χ1) is 8.68. The van der Waals surface area contributed by atoms with Crippen molar-refractivity contribution in [3.05, 3.63) is 64.3 Å². The van der Waals surface area contributed by atoms with Crippen LogP contribution in [-0.2, 0) is 13.0 Å². The van der Waals surface area contributed by atoms with Crippen LogP contribution in [0.3, 0.4) is 0 Å². The molecule has 0 aliphatic heterocycles. The Balaban J connectivity index is 2.18. The fraction of sp³-hybridized carbons (Fsp3) is 0.154. The number of nitrogens with zero attached hydrogens (tertiary/aromatic N) is 2. The van der Waals surface area contributed by atoms with Gasteiger partial charge in [0.1, 0.15) is 4.99 Å². The van der Waals surface area contributed by atoms with Gasteiger partial charge in [0.25, 0.3) is 5.56 Å². The van der Waals surface area contributed by atoms with Gasteiger partial charge in [0.2, 0.25) is 0 Å². The van der Waals surface area contributed by atoms with Crippen molar-refractivity contribution in [2.24, 2.45) is 5.73 Å². The number of aryl methyl sites for hydroxylation is 2. The first kappa shape index (κ1) is 12.4. The molecule has 0 bridgehead atoms. The highest BCUT2D eigenvalue weighted by Gasteiger charge is 2.05. The van der Waals surface area contributed by atoms with E-state index >= 15 is 0 Å². The van der Waals surface area contributed by atoms with Crippen molar-refractivity contribution in [2.45, 2.75) is 13.0 Å². The van der Waals surface area contributed by atoms with Crippen molar-refractivity contribution in [1.29, 1.82) is 0 Å². The third kappa shape index (κ3) is 2.81. The van der Waals surface area contributed by atoms with Gasteiger partial charge < -0.3 is 10.3 Å². The van der Waals surface area contributed by atoms with Crippen LogP contribution in [-0.4, -0.2) is 14.5 Å². The van der Waals surface area contributed by atoms with Gasteiger partial charge in [0, 0.05) is 25.1 Å². The van der Waals surface area contributed by atoms with E-state index in [9.17, 15) is 4.79 Å². The van der Waals surface area contributed by atoms with Crippen LogP contribution >= 0.6 is 12.2 Å². The fourth-order valence-electron chi connectivity index (χ4n) is 1.70. The molecule has 0 radical (unpaired) electrons. The first-order valence-electron chi connectivity index (χ1n) is 5.56. The standard InChI is InChI=1S/C13H13N3OS/c14-12(18)11-2-1-8-16(13(11)17)9-5-10-3-6-15-7-4-10/h1-4,6-8H,5,9H2,(H2,14,18). The maximum absolute atomic E-state index is 12.0. The quantitative estimate of drug-likeness (QED) is 0.836. The molecule has 5 heteroatoms. The minimum absolute atomic E-state index is 0.137. The van der Waals surface area contributed by atoms with Gasteiger partial charge in [-0.3, -0.25) is 9.78 Å². The summed E-state index contributed by atoms with van der Waals surface area (Å²) in [5, 5.41) is 0. The SMILES string of the molecule is NC(=S)c1cccn(CCc2ccncc2)c1=O. The molecular weight excluding hydrogens is 246 g/mol. The molecule has 0 unspecified atom stereocenters. The van der Waals surface area contributed by atoms with Crippen molar-refractivity contribution >= 4 is 17.2 Å². The molecule has 4 nitrogen and oxygen atoms in total. The molecule has 2 aromatic rings. The number of rotatable bonds is 4. The summed E-state index contributed by atoms with van der Waals surface area (Å²) in [5.74, 6) is 0. The topological polar surface area (TPSA) is 60.9 Å². The molecular formula is C13H13N3OS. The molecule has 92 valence electrons. The Hall–Kier alpha value is -2.01. The van der Waals surface area contributed by atoms with Crippen LogP contribution in [0.1, 0.15) is 11.1 Å². The average molecular weight is 259 g/mol. The van der Waals surface area contributed by atoms with E-state index in [1.165, 1.54) is 0 Å². The van der Waals surface area contributed by atoms with Crippen LogP contribution < -0.4 is 11.3 Å². The zero-order valence-corrected chi connectivity index (χ0v) is 10.6. The number of thiocarbonyl (C=S) groups is 1. The zero-order valence-electron chi connectivity index (χ0n) is 9.74. The first-order valence-corrected chi connectivity index (χ1v) is 5.97. The Labute approximate surface area is 110 Å². The summed E-state index contributed by atoms with van der Waals surface area (Å²) < 4.78 is 1.62. The van der Waals surface area contributed by atoms with E-state index in [0.29, 0.717) is 12.1 Å². The van der Waals surface area contributed by atoms with Gasteiger partial charge in [-0.05, 0) is 36.2 Å². The maximum atomic E-state index is 12.0. The number of pyridine rings is 2. The lowest BCUT2D eigenvalue weighted by molar-refractivity contribution is 0.668. The highest BCUT2D eigenvalue weighted by molar-refractivity contribution is 7.80. The highest BCUT2D eigenvalue weighted by atomic mass is 32.1. The van der Waals surface area contributed by atoms with Gasteiger partial charge in [-0.2, -0.15) is 0 Å². The van der Waals surface area contributed by atoms with E-state index in [1.807, 2.05) is 12.1 Å². The Morgan fingerprint density at radius 3 is 2.72 bits per heavy atom. The number of aromatic nitrogens is 2. The van der Waals surface area contributed by atoms with E-state index in [1.54, 1.807) is 35.3 Å². The van der Waals surface area contributed by atoms with Gasteiger partial charge in [-0.15, -0.1) is 0 Å². The van der Waals surface area contributed by atoms with Crippen LogP contribution in [0.25, 0.3) is 0 Å². The summed E-state index contributed by atoms with van der Waals surface area (Å²) in [7, 11) is 0. The molecule has 0 fully saturated rings. The summed E-state index contributed by atoms with van der Waals surface area (Å²) in [4.78, 5) is 16.1. The molecule has 0 aromatic carbocycles. The molecule has 18 heavy (non-hydrogen) atoms. The largest absolute Gasteiger partial charge is 0.389 e. The van der Waals surface area contributed by atoms with E-state index < -0.39 is 0 Å². The van der Waals surface area contributed by atoms with E-state index in [2.05, 4.69) is 4.98 Å². The molecule has 2 aromatic heterocycles. The summed E-state index contributed by atoms with van der Waals surface area (Å²) >= 11 is 4.84. The lowest BCUT2D eigenvalue weighted by Crippen LogP contribution is -2.28. The van der Waals surface area contributed by atoms with E-state index in [4.69, 9.17) is 18.0 Å². The zero-order chi connectivity index (χ0) is 13.0. The second kappa shape index (κ2) is 5.55. The molecule has 2 rings (SSSR count). The van der Waals surface area contributed by atoms with Gasteiger partial charge in [-0.1, -0.05) is 12.2 Å². The van der Waals surface area contributed by atoms with Gasteiger partial charge in [-0.25, -0.2) is 0 Å². The molecule has 0 spiro atoms. The predicted molar refractivity (Wildman–Crippen MR) is 74.5 cm³/mol. The van der Waals surface area contributed by atoms with E-state index in [-0.39, 0.29) is 10.5 Å². The monoisotopic (exact) mass is 259 g/mol. The van der Waals surface area contributed by atoms with Gasteiger partial charge in [0.15, 0.2) is 0 Å². The Morgan fingerprint density at radius 1 is 1.33 bits per heavy atom. The summed E-state index contributed by atoms with van der Waals surface area (Å²) in [6.45, 7) is 0.597. The van der Waals surface area contributed by atoms with Crippen molar-refractivity contribution in [3.8, 4) is 0 Å². The van der Waals surface area contributed by atoms with Crippen LogP contribution in [0.15, 0.2) is 47.7 Å². The number of nitrogens with two attached hydrogens (primary N) is 1. The number of hydrogen-bond donors (Lipinski definition) is 1. The minimum atomic E-state index is -0.140. The van der Waals surface area contributed by atoms with Gasteiger partial charge in [0.05, 0.1) is 5.56 Å². The molecule has 0 atom stereocenters. The Kier molecular flexibility index (Phi) is 3.84. The second-order valence-electron chi connectivity index (χ2n) is 3.89. The summed E-state index contributed by atoms with van der Waals surface area (Å²) in [6, 6.07) is 7.29. The Morgan fingerprint density at radius 2 is 2.06 bits per heavy atom. The van der Waals surface area contributed by atoms with Crippen LogP contribution in [0.2, 0.25) is 0 Å². The highest BCUT2D eigenvalue weighted by Crippen LogP contribution is 2.00. The summed E-state index contributed by atoms with van der Waals surface area (Å²) in [5.41, 5.74) is 6.89. The molecule has 0 aliphatic rings. The lowest BCUT2D eigenvalue weighted by Gasteiger charge is -2.07. The van der Waals surface area contributed by atoms with Crippen molar-refractivity contribution in [3.63, 3.8) is 0 Å². The molecule has 0 saturated heterocycles. The average Bonchev–Trinajstić information content (AvgIpc) is 2.38. The van der Waals surface area contributed by atoms with E-state index in [0.717, 1.165) is 12.0 Å². The Bertz CT molecular complexity index is 607. The van der Waals surface area contributed by atoms with Crippen LogP contribution in [0, 0.1) is 0 Å². The second-order valence-corrected chi connectivity index (χ2v) is 4.33. The number of hydrogen-bond acceptors (Lipinski definition) is 3. The van der Waals surface area contributed by atoms with Gasteiger partial charge >= 0.3 is 0 Å². The third-order valence-corrected chi connectivity index (χ3v) is 2.90.